The highest BCUT2D eigenvalue weighted by Crippen LogP contribution is 2.31. The zero-order chi connectivity index (χ0) is 20.6. The number of hydrogen-bond donors (Lipinski definition) is 1. The van der Waals surface area contributed by atoms with Crippen LogP contribution in [0.3, 0.4) is 0 Å². The first-order chi connectivity index (χ1) is 14.0. The molecule has 9 nitrogen and oxygen atoms in total. The monoisotopic (exact) mass is 405 g/mol. The third-order valence-electron chi connectivity index (χ3n) is 5.24. The van der Waals surface area contributed by atoms with Crippen LogP contribution in [-0.4, -0.2) is 55.8 Å². The van der Waals surface area contributed by atoms with E-state index in [1.165, 1.54) is 12.1 Å². The molecule has 1 amide bonds. The molecule has 0 aromatic heterocycles. The fourth-order valence-corrected chi connectivity index (χ4v) is 3.67. The Morgan fingerprint density at radius 2 is 1.97 bits per heavy atom. The number of hydrogen-bond acceptors (Lipinski definition) is 7. The van der Waals surface area contributed by atoms with Crippen molar-refractivity contribution in [1.29, 1.82) is 0 Å². The second-order valence-corrected chi connectivity index (χ2v) is 7.38. The highest BCUT2D eigenvalue weighted by atomic mass is 16.6. The lowest BCUT2D eigenvalue weighted by molar-refractivity contribution is -0.384. The summed E-state index contributed by atoms with van der Waals surface area (Å²) in [6.07, 6.45) is 6.08. The number of anilines is 1. The van der Waals surface area contributed by atoms with Crippen molar-refractivity contribution in [2.75, 3.05) is 37.7 Å². The first-order valence-corrected chi connectivity index (χ1v) is 10.1. The topological polar surface area (TPSA) is 111 Å². The summed E-state index contributed by atoms with van der Waals surface area (Å²) in [6.45, 7) is 2.16. The predicted molar refractivity (Wildman–Crippen MR) is 106 cm³/mol. The minimum absolute atomic E-state index is 0.00355. The van der Waals surface area contributed by atoms with Gasteiger partial charge in [-0.3, -0.25) is 14.9 Å². The number of carbonyl (C=O) groups is 2. The van der Waals surface area contributed by atoms with E-state index in [9.17, 15) is 19.7 Å². The molecule has 9 heteroatoms. The van der Waals surface area contributed by atoms with E-state index in [2.05, 4.69) is 5.32 Å². The summed E-state index contributed by atoms with van der Waals surface area (Å²) in [4.78, 5) is 37.2. The van der Waals surface area contributed by atoms with Crippen molar-refractivity contribution < 1.29 is 24.0 Å². The van der Waals surface area contributed by atoms with Gasteiger partial charge in [-0.1, -0.05) is 12.8 Å². The Morgan fingerprint density at radius 1 is 1.21 bits per heavy atom. The Morgan fingerprint density at radius 3 is 2.62 bits per heavy atom. The maximum absolute atomic E-state index is 12.3. The van der Waals surface area contributed by atoms with Crippen LogP contribution in [0.2, 0.25) is 0 Å². The predicted octanol–water partition coefficient (Wildman–Crippen LogP) is 2.43. The minimum Gasteiger partial charge on any atom is -0.452 e. The van der Waals surface area contributed by atoms with Gasteiger partial charge in [0.2, 0.25) is 0 Å². The SMILES string of the molecule is O=C(COC(=O)c1ccc(N2CCCCCC2)c([N+](=O)[O-])c1)NCC1CCCO1. The van der Waals surface area contributed by atoms with Gasteiger partial charge in [-0.15, -0.1) is 0 Å². The average molecular weight is 405 g/mol. The summed E-state index contributed by atoms with van der Waals surface area (Å²) in [5.41, 5.74) is 0.453. The lowest BCUT2D eigenvalue weighted by atomic mass is 10.1. The number of nitrogens with one attached hydrogen (secondary N) is 1. The normalized spacial score (nSPS) is 19.4. The minimum atomic E-state index is -0.761. The Labute approximate surface area is 169 Å². The zero-order valence-electron chi connectivity index (χ0n) is 16.4. The van der Waals surface area contributed by atoms with Crippen LogP contribution < -0.4 is 10.2 Å². The van der Waals surface area contributed by atoms with Gasteiger partial charge in [-0.05, 0) is 37.8 Å². The van der Waals surface area contributed by atoms with Gasteiger partial charge in [0.15, 0.2) is 6.61 Å². The van der Waals surface area contributed by atoms with E-state index in [-0.39, 0.29) is 17.4 Å². The van der Waals surface area contributed by atoms with E-state index in [1.807, 2.05) is 4.90 Å². The van der Waals surface area contributed by atoms with Crippen LogP contribution in [0, 0.1) is 10.1 Å². The molecule has 2 fully saturated rings. The van der Waals surface area contributed by atoms with E-state index < -0.39 is 23.4 Å². The van der Waals surface area contributed by atoms with Gasteiger partial charge in [-0.2, -0.15) is 0 Å². The number of nitrogens with zero attached hydrogens (tertiary/aromatic N) is 2. The van der Waals surface area contributed by atoms with Crippen molar-refractivity contribution in [3.63, 3.8) is 0 Å². The van der Waals surface area contributed by atoms with Crippen LogP contribution in [0.25, 0.3) is 0 Å². The summed E-state index contributed by atoms with van der Waals surface area (Å²) in [5, 5.41) is 14.2. The van der Waals surface area contributed by atoms with Gasteiger partial charge in [0.1, 0.15) is 5.69 Å². The molecule has 158 valence electrons. The molecule has 1 atom stereocenters. The fraction of sp³-hybridized carbons (Fsp3) is 0.600. The average Bonchev–Trinajstić information content (AvgIpc) is 3.10. The number of esters is 1. The van der Waals surface area contributed by atoms with E-state index in [4.69, 9.17) is 9.47 Å². The molecule has 1 aromatic rings. The maximum atomic E-state index is 12.3. The van der Waals surface area contributed by atoms with Crippen molar-refractivity contribution >= 4 is 23.3 Å². The zero-order valence-corrected chi connectivity index (χ0v) is 16.4. The van der Waals surface area contributed by atoms with E-state index in [0.717, 1.165) is 51.6 Å². The summed E-state index contributed by atoms with van der Waals surface area (Å²) in [5.74, 6) is -1.19. The summed E-state index contributed by atoms with van der Waals surface area (Å²) >= 11 is 0. The van der Waals surface area contributed by atoms with Crippen LogP contribution in [0.1, 0.15) is 48.9 Å². The number of carbonyl (C=O) groups excluding carboxylic acids is 2. The standard InChI is InChI=1S/C20H27N3O6/c24-19(21-13-16-6-5-11-28-16)14-29-20(25)15-7-8-17(18(12-15)23(26)27)22-9-3-1-2-4-10-22/h7-8,12,16H,1-6,9-11,13-14H2,(H,21,24). The lowest BCUT2D eigenvalue weighted by Crippen LogP contribution is -2.34. The maximum Gasteiger partial charge on any atom is 0.338 e. The number of ether oxygens (including phenoxy) is 2. The van der Waals surface area contributed by atoms with Crippen molar-refractivity contribution in [2.24, 2.45) is 0 Å². The molecular weight excluding hydrogens is 378 g/mol. The Balaban J connectivity index is 1.58. The number of nitro groups is 1. The molecule has 1 N–H and O–H groups in total. The van der Waals surface area contributed by atoms with Crippen LogP contribution in [-0.2, 0) is 14.3 Å². The quantitative estimate of drug-likeness (QED) is 0.421. The number of rotatable bonds is 7. The van der Waals surface area contributed by atoms with E-state index in [1.54, 1.807) is 6.07 Å². The Bertz CT molecular complexity index is 740. The van der Waals surface area contributed by atoms with Crippen LogP contribution in [0.5, 0.6) is 0 Å². The molecule has 3 rings (SSSR count). The largest absolute Gasteiger partial charge is 0.452 e. The highest BCUT2D eigenvalue weighted by Gasteiger charge is 2.23. The molecule has 2 saturated heterocycles. The smallest absolute Gasteiger partial charge is 0.338 e. The van der Waals surface area contributed by atoms with Crippen molar-refractivity contribution in [2.45, 2.75) is 44.6 Å². The first kappa shape index (κ1) is 21.0. The second kappa shape index (κ2) is 10.2. The molecule has 1 unspecified atom stereocenters. The molecule has 1 aromatic carbocycles. The molecule has 0 bridgehead atoms. The third-order valence-corrected chi connectivity index (χ3v) is 5.24. The lowest BCUT2D eigenvalue weighted by Gasteiger charge is -2.22. The summed E-state index contributed by atoms with van der Waals surface area (Å²) < 4.78 is 10.4. The number of nitro benzene ring substituents is 1. The molecule has 0 spiro atoms. The molecule has 29 heavy (non-hydrogen) atoms. The number of amides is 1. The van der Waals surface area contributed by atoms with Gasteiger partial charge in [0.05, 0.1) is 16.6 Å². The summed E-state index contributed by atoms with van der Waals surface area (Å²) in [6, 6.07) is 4.34. The van der Waals surface area contributed by atoms with Crippen molar-refractivity contribution in [3.05, 3.63) is 33.9 Å². The molecule has 2 aliphatic rings. The summed E-state index contributed by atoms with van der Waals surface area (Å²) in [7, 11) is 0. The van der Waals surface area contributed by atoms with Crippen LogP contribution in [0.4, 0.5) is 11.4 Å². The van der Waals surface area contributed by atoms with Crippen LogP contribution >= 0.6 is 0 Å². The highest BCUT2D eigenvalue weighted by molar-refractivity contribution is 5.93. The van der Waals surface area contributed by atoms with E-state index in [0.29, 0.717) is 18.8 Å². The molecule has 0 aliphatic carbocycles. The number of benzene rings is 1. The second-order valence-electron chi connectivity index (χ2n) is 7.38. The van der Waals surface area contributed by atoms with Gasteiger partial charge in [0.25, 0.3) is 11.6 Å². The molecule has 2 heterocycles. The Hall–Kier alpha value is -2.68. The van der Waals surface area contributed by atoms with Crippen LogP contribution in [0.15, 0.2) is 18.2 Å². The first-order valence-electron chi connectivity index (χ1n) is 10.1. The third kappa shape index (κ3) is 5.90. The molecule has 2 aliphatic heterocycles. The van der Waals surface area contributed by atoms with Crippen molar-refractivity contribution in [3.8, 4) is 0 Å². The fourth-order valence-electron chi connectivity index (χ4n) is 3.67. The Kier molecular flexibility index (Phi) is 7.40. The van der Waals surface area contributed by atoms with Gasteiger partial charge < -0.3 is 19.7 Å². The molecule has 0 saturated carbocycles. The molecular formula is C20H27N3O6. The van der Waals surface area contributed by atoms with Gasteiger partial charge in [0, 0.05) is 32.3 Å². The van der Waals surface area contributed by atoms with Gasteiger partial charge >= 0.3 is 5.97 Å². The molecule has 0 radical (unpaired) electrons. The van der Waals surface area contributed by atoms with E-state index >= 15 is 0 Å². The van der Waals surface area contributed by atoms with Crippen molar-refractivity contribution in [1.82, 2.24) is 5.32 Å². The van der Waals surface area contributed by atoms with Gasteiger partial charge in [-0.25, -0.2) is 4.79 Å².